The summed E-state index contributed by atoms with van der Waals surface area (Å²) in [6, 6.07) is 9.63. The third kappa shape index (κ3) is 9.42. The van der Waals surface area contributed by atoms with Crippen LogP contribution in [0.2, 0.25) is 0 Å². The molecule has 10 rings (SSSR count). The molecule has 4 aliphatic carbocycles. The predicted molar refractivity (Wildman–Crippen MR) is 254 cm³/mol. The van der Waals surface area contributed by atoms with Crippen LogP contribution in [0.1, 0.15) is 161 Å². The van der Waals surface area contributed by atoms with Crippen LogP contribution in [-0.2, 0) is 22.5 Å². The van der Waals surface area contributed by atoms with Gasteiger partial charge in [-0.05, 0) is 173 Å². The number of phenols is 2. The van der Waals surface area contributed by atoms with Gasteiger partial charge in [0.25, 0.3) is 0 Å². The van der Waals surface area contributed by atoms with Gasteiger partial charge in [-0.3, -0.25) is 0 Å². The monoisotopic (exact) mass is 925 g/mol. The molecule has 2 saturated heterocycles. The van der Waals surface area contributed by atoms with Crippen molar-refractivity contribution in [2.24, 2.45) is 29.6 Å². The largest absolute Gasteiger partial charge is 0.504 e. The van der Waals surface area contributed by atoms with Gasteiger partial charge < -0.3 is 59.9 Å². The van der Waals surface area contributed by atoms with Crippen molar-refractivity contribution < 1.29 is 49.6 Å². The number of aromatic nitrogens is 1. The highest BCUT2D eigenvalue weighted by molar-refractivity contribution is 5.64. The van der Waals surface area contributed by atoms with E-state index in [1.807, 2.05) is 18.5 Å². The van der Waals surface area contributed by atoms with Crippen LogP contribution in [0.25, 0.3) is 0 Å². The number of nitrogens with one attached hydrogen (secondary N) is 2. The minimum absolute atomic E-state index is 0.0255. The van der Waals surface area contributed by atoms with Gasteiger partial charge in [0.2, 0.25) is 5.75 Å². The number of hydrogen-bond donors (Lipinski definition) is 8. The van der Waals surface area contributed by atoms with E-state index in [0.717, 1.165) is 102 Å². The van der Waals surface area contributed by atoms with Crippen molar-refractivity contribution in [2.75, 3.05) is 26.9 Å². The third-order valence-electron chi connectivity index (χ3n) is 18.0. The Bertz CT molecular complexity index is 2210. The first kappa shape index (κ1) is 47.1. The zero-order valence-electron chi connectivity index (χ0n) is 39.7. The summed E-state index contributed by atoms with van der Waals surface area (Å²) in [6.45, 7) is 3.67. The molecule has 1 aromatic heterocycles. The molecule has 67 heavy (non-hydrogen) atoms. The zero-order chi connectivity index (χ0) is 46.4. The molecule has 4 heterocycles. The minimum atomic E-state index is -0.718. The van der Waals surface area contributed by atoms with Gasteiger partial charge in [-0.25, -0.2) is 0 Å². The Kier molecular flexibility index (Phi) is 14.1. The number of aliphatic hydroxyl groups excluding tert-OH is 3. The highest BCUT2D eigenvalue weighted by Gasteiger charge is 2.49. The van der Waals surface area contributed by atoms with Crippen LogP contribution in [0.3, 0.4) is 0 Å². The van der Waals surface area contributed by atoms with Gasteiger partial charge in [-0.2, -0.15) is 0 Å². The topological polar surface area (TPSA) is 186 Å². The molecule has 14 atom stereocenters. The maximum Gasteiger partial charge on any atom is 0.201 e. The van der Waals surface area contributed by atoms with Gasteiger partial charge >= 0.3 is 0 Å². The smallest absolute Gasteiger partial charge is 0.201 e. The fraction of sp³-hybridized carbons (Fsp3) is 0.673. The lowest BCUT2D eigenvalue weighted by atomic mass is 9.57. The highest BCUT2D eigenvalue weighted by Crippen LogP contribution is 2.57. The second-order valence-corrected chi connectivity index (χ2v) is 21.7. The number of hydrogen-bond acceptors (Lipinski definition) is 11. The minimum Gasteiger partial charge on any atom is -0.504 e. The van der Waals surface area contributed by atoms with E-state index in [-0.39, 0.29) is 53.4 Å². The van der Waals surface area contributed by atoms with Crippen molar-refractivity contribution >= 4 is 0 Å². The number of aromatic hydroxyl groups is 2. The molecule has 0 spiro atoms. The summed E-state index contributed by atoms with van der Waals surface area (Å²) in [5.41, 5.74) is 5.49. The molecule has 2 aromatic carbocycles. The average molecular weight is 925 g/mol. The first-order chi connectivity index (χ1) is 32.5. The maximum atomic E-state index is 12.4. The molecule has 3 saturated carbocycles. The van der Waals surface area contributed by atoms with Crippen LogP contribution in [-0.4, -0.2) is 98.6 Å². The number of aromatic amines is 1. The van der Waals surface area contributed by atoms with Gasteiger partial charge in [-0.15, -0.1) is 0 Å². The number of rotatable bonds is 10. The molecular formula is C55H76N2O10. The summed E-state index contributed by atoms with van der Waals surface area (Å²) in [5.74, 6) is 1.48. The quantitative estimate of drug-likeness (QED) is 0.0555. The number of methoxy groups -OCH3 is 1. The number of allylic oxidation sites excluding steroid dienone is 1. The zero-order valence-corrected chi connectivity index (χ0v) is 39.7. The summed E-state index contributed by atoms with van der Waals surface area (Å²) >= 11 is 0. The van der Waals surface area contributed by atoms with Crippen LogP contribution in [0.15, 0.2) is 48.3 Å². The van der Waals surface area contributed by atoms with Crippen LogP contribution in [0, 0.1) is 29.6 Å². The van der Waals surface area contributed by atoms with Gasteiger partial charge in [0.15, 0.2) is 11.5 Å². The number of benzene rings is 2. The molecule has 7 aliphatic rings. The second kappa shape index (κ2) is 20.0. The Hall–Kier alpha value is -3.62. The van der Waals surface area contributed by atoms with Crippen molar-refractivity contribution in [3.63, 3.8) is 0 Å². The molecular weight excluding hydrogens is 849 g/mol. The fourth-order valence-electron chi connectivity index (χ4n) is 14.5. The van der Waals surface area contributed by atoms with Crippen molar-refractivity contribution in [3.05, 3.63) is 81.7 Å². The Morgan fingerprint density at radius 1 is 0.896 bits per heavy atom. The van der Waals surface area contributed by atoms with E-state index < -0.39 is 42.0 Å². The van der Waals surface area contributed by atoms with E-state index in [1.165, 1.54) is 23.8 Å². The van der Waals surface area contributed by atoms with E-state index >= 15 is 0 Å². The molecule has 12 nitrogen and oxygen atoms in total. The SMILES string of the molecule is CCOCC[C@H]1CCC2=C[C@H]3[C@H](CC[C@H]4[C@@H]3c3cc([C@@H]5CC[C@H]6[C@H](C5)O[C@H](c5c(CO)c(O)c(O)c(OC)c5Cc5cc[nH]c5)C[C@@H]6O)ccc3OCC[C@H]3CC[C@@](O)(CC[C@@H]4O)C3)C[C@H]2N1. The molecule has 0 radical (unpaired) electrons. The van der Waals surface area contributed by atoms with Gasteiger partial charge in [0.1, 0.15) is 5.75 Å². The molecule has 2 bridgehead atoms. The second-order valence-electron chi connectivity index (χ2n) is 21.7. The molecule has 366 valence electrons. The summed E-state index contributed by atoms with van der Waals surface area (Å²) in [7, 11) is 1.46. The van der Waals surface area contributed by atoms with E-state index in [2.05, 4.69) is 41.5 Å². The van der Waals surface area contributed by atoms with E-state index in [9.17, 15) is 30.6 Å². The predicted octanol–water partition coefficient (Wildman–Crippen LogP) is 8.35. The molecule has 3 aliphatic heterocycles. The lowest BCUT2D eigenvalue weighted by molar-refractivity contribution is -0.154. The van der Waals surface area contributed by atoms with Crippen LogP contribution in [0.4, 0.5) is 0 Å². The molecule has 5 fully saturated rings. The number of piperidine rings is 1. The average Bonchev–Trinajstić information content (AvgIpc) is 4.00. The van der Waals surface area contributed by atoms with E-state index in [0.29, 0.717) is 67.3 Å². The standard InChI is InChI=1S/C55H76N2O10/c1-3-65-20-16-37-8-4-36-24-40-35(25-44(36)57-37)6-10-39-45(59)13-18-55(63)17-12-31(28-55)15-21-66-47-11-7-33(23-41(47)50(39)40)34-5-9-38-46(60)27-49(67-48(38)26-34)51-42(22-32-14-19-56-29-32)54(64-2)53(62)52(61)43(51)30-58/h7,11,14,19,23-24,29,31,34-35,37-40,44-46,48-50,56-63H,3-6,8-10,12-13,15-18,20-22,25-28,30H2,1-2H3/t31-,34-,35-,37-,38-,39-,40+,44-,45+,46+,48+,49+,50+,55-/m1/s1. The first-order valence-electron chi connectivity index (χ1n) is 26.0. The number of ether oxygens (including phenoxy) is 4. The Morgan fingerprint density at radius 3 is 2.55 bits per heavy atom. The summed E-state index contributed by atoms with van der Waals surface area (Å²) < 4.78 is 25.4. The maximum absolute atomic E-state index is 12.4. The lowest BCUT2D eigenvalue weighted by Gasteiger charge is -2.50. The Morgan fingerprint density at radius 2 is 1.75 bits per heavy atom. The summed E-state index contributed by atoms with van der Waals surface area (Å²) in [6.07, 6.45) is 18.2. The highest BCUT2D eigenvalue weighted by atomic mass is 16.5. The van der Waals surface area contributed by atoms with Gasteiger partial charge in [0, 0.05) is 67.6 Å². The molecule has 0 unspecified atom stereocenters. The Balaban J connectivity index is 0.978. The van der Waals surface area contributed by atoms with Crippen molar-refractivity contribution in [2.45, 2.75) is 177 Å². The third-order valence-corrected chi connectivity index (χ3v) is 18.0. The van der Waals surface area contributed by atoms with Crippen LogP contribution < -0.4 is 14.8 Å². The van der Waals surface area contributed by atoms with Crippen molar-refractivity contribution in [1.82, 2.24) is 10.3 Å². The molecule has 8 N–H and O–H groups in total. The van der Waals surface area contributed by atoms with Crippen LogP contribution in [0.5, 0.6) is 23.0 Å². The van der Waals surface area contributed by atoms with E-state index in [1.54, 1.807) is 0 Å². The number of H-pyrrole nitrogens is 1. The number of phenolic OH excluding ortho intramolecular Hbond substituents is 1. The molecule has 0 amide bonds. The molecule has 12 heteroatoms. The van der Waals surface area contributed by atoms with Gasteiger partial charge in [-0.1, -0.05) is 23.8 Å². The lowest BCUT2D eigenvalue weighted by Crippen LogP contribution is -2.50. The Labute approximate surface area is 396 Å². The summed E-state index contributed by atoms with van der Waals surface area (Å²) in [5, 5.41) is 73.0. The fourth-order valence-corrected chi connectivity index (χ4v) is 14.5. The number of aliphatic hydroxyl groups is 4. The normalized spacial score (nSPS) is 36.3. The van der Waals surface area contributed by atoms with Crippen LogP contribution >= 0.6 is 0 Å². The van der Waals surface area contributed by atoms with Crippen molar-refractivity contribution in [3.8, 4) is 23.0 Å². The first-order valence-corrected chi connectivity index (χ1v) is 26.0. The van der Waals surface area contributed by atoms with Crippen molar-refractivity contribution in [1.29, 1.82) is 0 Å². The number of fused-ring (bicyclic) bond motifs is 9. The van der Waals surface area contributed by atoms with E-state index in [4.69, 9.17) is 18.9 Å². The molecule has 3 aromatic rings. The van der Waals surface area contributed by atoms with Gasteiger partial charge in [0.05, 0.1) is 50.3 Å². The summed E-state index contributed by atoms with van der Waals surface area (Å²) in [4.78, 5) is 3.09.